The Balaban J connectivity index is 2.36. The van der Waals surface area contributed by atoms with Crippen molar-refractivity contribution in [3.05, 3.63) is 52.5 Å². The first kappa shape index (κ1) is 22.6. The Bertz CT molecular complexity index is 909. The van der Waals surface area contributed by atoms with Crippen molar-refractivity contribution in [3.8, 4) is 11.5 Å². The van der Waals surface area contributed by atoms with E-state index in [1.165, 1.54) is 30.3 Å². The summed E-state index contributed by atoms with van der Waals surface area (Å²) in [5.74, 6) is -0.702. The van der Waals surface area contributed by atoms with Crippen molar-refractivity contribution < 1.29 is 24.2 Å². The number of carboxylic acids is 1. The molecular formula is C22H26ClNO5. The zero-order chi connectivity index (χ0) is 22.0. The van der Waals surface area contributed by atoms with E-state index in [9.17, 15) is 9.59 Å². The zero-order valence-corrected chi connectivity index (χ0v) is 18.2. The maximum Gasteiger partial charge on any atom is 0.335 e. The third kappa shape index (κ3) is 6.68. The molecule has 0 heterocycles. The molecule has 0 aliphatic rings. The second-order valence-electron chi connectivity index (χ2n) is 8.55. The number of nitrogens with one attached hydrogen (secondary N) is 1. The SMILES string of the molecule is CC(C)(C)Oc1cc(C(=O)Nc2ccc(C(=O)O)cc2)cc(Cl)c1OC(C)(C)C. The van der Waals surface area contributed by atoms with E-state index in [0.717, 1.165) is 0 Å². The molecular weight excluding hydrogens is 394 g/mol. The molecule has 0 spiro atoms. The highest BCUT2D eigenvalue weighted by Gasteiger charge is 2.24. The highest BCUT2D eigenvalue weighted by atomic mass is 35.5. The van der Waals surface area contributed by atoms with Gasteiger partial charge in [-0.25, -0.2) is 4.79 Å². The van der Waals surface area contributed by atoms with Crippen LogP contribution >= 0.6 is 11.6 Å². The van der Waals surface area contributed by atoms with Gasteiger partial charge in [0.1, 0.15) is 11.2 Å². The van der Waals surface area contributed by atoms with Crippen molar-refractivity contribution in [1.82, 2.24) is 0 Å². The van der Waals surface area contributed by atoms with Crippen LogP contribution < -0.4 is 14.8 Å². The number of aromatic carboxylic acids is 1. The van der Waals surface area contributed by atoms with Gasteiger partial charge in [0, 0.05) is 11.3 Å². The molecule has 0 aliphatic carbocycles. The predicted octanol–water partition coefficient (Wildman–Crippen LogP) is 5.65. The molecule has 2 rings (SSSR count). The van der Waals surface area contributed by atoms with Gasteiger partial charge in [-0.2, -0.15) is 0 Å². The van der Waals surface area contributed by atoms with Crippen molar-refractivity contribution in [2.24, 2.45) is 0 Å². The summed E-state index contributed by atoms with van der Waals surface area (Å²) in [6.45, 7) is 11.3. The highest BCUT2D eigenvalue weighted by Crippen LogP contribution is 2.40. The molecule has 6 nitrogen and oxygen atoms in total. The first-order chi connectivity index (χ1) is 13.2. The number of carbonyl (C=O) groups excluding carboxylic acids is 1. The Morgan fingerprint density at radius 1 is 0.897 bits per heavy atom. The zero-order valence-electron chi connectivity index (χ0n) is 17.4. The van der Waals surface area contributed by atoms with Crippen LogP contribution in [0.1, 0.15) is 62.3 Å². The number of anilines is 1. The number of rotatable bonds is 5. The molecule has 0 fully saturated rings. The highest BCUT2D eigenvalue weighted by molar-refractivity contribution is 6.32. The van der Waals surface area contributed by atoms with E-state index in [0.29, 0.717) is 17.2 Å². The molecule has 2 aromatic carbocycles. The Morgan fingerprint density at radius 3 is 1.93 bits per heavy atom. The van der Waals surface area contributed by atoms with Crippen LogP contribution in [-0.4, -0.2) is 28.2 Å². The Labute approximate surface area is 175 Å². The van der Waals surface area contributed by atoms with Crippen LogP contribution in [0, 0.1) is 0 Å². The van der Waals surface area contributed by atoms with E-state index in [1.54, 1.807) is 6.07 Å². The Morgan fingerprint density at radius 2 is 1.45 bits per heavy atom. The van der Waals surface area contributed by atoms with Gasteiger partial charge in [0.2, 0.25) is 0 Å². The average molecular weight is 420 g/mol. The molecule has 0 aromatic heterocycles. The molecule has 0 atom stereocenters. The van der Waals surface area contributed by atoms with Gasteiger partial charge in [0.15, 0.2) is 11.5 Å². The van der Waals surface area contributed by atoms with Crippen molar-refractivity contribution in [2.45, 2.75) is 52.7 Å². The van der Waals surface area contributed by atoms with Gasteiger partial charge in [0.05, 0.1) is 10.6 Å². The quantitative estimate of drug-likeness (QED) is 0.654. The molecule has 0 saturated heterocycles. The van der Waals surface area contributed by atoms with Gasteiger partial charge in [-0.1, -0.05) is 11.6 Å². The maximum absolute atomic E-state index is 12.7. The van der Waals surface area contributed by atoms with Gasteiger partial charge in [-0.05, 0) is 77.9 Å². The monoisotopic (exact) mass is 419 g/mol. The fourth-order valence-electron chi connectivity index (χ4n) is 2.41. The third-order valence-corrected chi connectivity index (χ3v) is 3.77. The third-order valence-electron chi connectivity index (χ3n) is 3.49. The summed E-state index contributed by atoms with van der Waals surface area (Å²) in [6, 6.07) is 8.97. The van der Waals surface area contributed by atoms with E-state index >= 15 is 0 Å². The van der Waals surface area contributed by atoms with Gasteiger partial charge in [-0.3, -0.25) is 4.79 Å². The molecule has 0 radical (unpaired) electrons. The number of hydrogen-bond acceptors (Lipinski definition) is 4. The van der Waals surface area contributed by atoms with Gasteiger partial charge >= 0.3 is 5.97 Å². The van der Waals surface area contributed by atoms with Crippen LogP contribution in [0.5, 0.6) is 11.5 Å². The fourth-order valence-corrected chi connectivity index (χ4v) is 2.66. The Kier molecular flexibility index (Phi) is 6.48. The number of carboxylic acid groups (broad SMARTS) is 1. The smallest absolute Gasteiger partial charge is 0.335 e. The van der Waals surface area contributed by atoms with Crippen LogP contribution in [0.4, 0.5) is 5.69 Å². The summed E-state index contributed by atoms with van der Waals surface area (Å²) in [6.07, 6.45) is 0. The summed E-state index contributed by atoms with van der Waals surface area (Å²) < 4.78 is 11.9. The van der Waals surface area contributed by atoms with Crippen molar-refractivity contribution >= 4 is 29.2 Å². The standard InChI is InChI=1S/C22H26ClNO5/c1-21(2,3)28-17-12-14(11-16(23)18(17)29-22(4,5)6)19(25)24-15-9-7-13(8-10-15)20(26)27/h7-12H,1-6H3,(H,24,25)(H,26,27). The van der Waals surface area contributed by atoms with Crippen LogP contribution in [0.25, 0.3) is 0 Å². The lowest BCUT2D eigenvalue weighted by molar-refractivity contribution is 0.0696. The number of halogens is 1. The molecule has 2 aromatic rings. The van der Waals surface area contributed by atoms with Crippen molar-refractivity contribution in [3.63, 3.8) is 0 Å². The second-order valence-corrected chi connectivity index (χ2v) is 8.96. The van der Waals surface area contributed by atoms with Crippen LogP contribution in [0.3, 0.4) is 0 Å². The van der Waals surface area contributed by atoms with Crippen molar-refractivity contribution in [1.29, 1.82) is 0 Å². The molecule has 0 unspecified atom stereocenters. The van der Waals surface area contributed by atoms with Gasteiger partial charge in [-0.15, -0.1) is 0 Å². The summed E-state index contributed by atoms with van der Waals surface area (Å²) >= 11 is 6.42. The molecule has 1 amide bonds. The van der Waals surface area contributed by atoms with Crippen molar-refractivity contribution in [2.75, 3.05) is 5.32 Å². The fraction of sp³-hybridized carbons (Fsp3) is 0.364. The first-order valence-electron chi connectivity index (χ1n) is 9.11. The molecule has 0 saturated carbocycles. The molecule has 7 heteroatoms. The lowest BCUT2D eigenvalue weighted by atomic mass is 10.1. The number of hydrogen-bond donors (Lipinski definition) is 2. The summed E-state index contributed by atoms with van der Waals surface area (Å²) in [5, 5.41) is 11.9. The van der Waals surface area contributed by atoms with Gasteiger partial charge in [0.25, 0.3) is 5.91 Å². The molecule has 0 bridgehead atoms. The largest absolute Gasteiger partial charge is 0.484 e. The molecule has 0 aliphatic heterocycles. The number of amides is 1. The van der Waals surface area contributed by atoms with E-state index in [-0.39, 0.29) is 16.1 Å². The number of ether oxygens (including phenoxy) is 2. The minimum atomic E-state index is -1.03. The second kappa shape index (κ2) is 8.33. The van der Waals surface area contributed by atoms with Crippen LogP contribution in [-0.2, 0) is 0 Å². The van der Waals surface area contributed by atoms with Gasteiger partial charge < -0.3 is 19.9 Å². The lowest BCUT2D eigenvalue weighted by Gasteiger charge is -2.28. The van der Waals surface area contributed by atoms with E-state index in [2.05, 4.69) is 5.32 Å². The first-order valence-corrected chi connectivity index (χ1v) is 9.49. The molecule has 156 valence electrons. The Hall–Kier alpha value is -2.73. The average Bonchev–Trinajstić information content (AvgIpc) is 2.56. The predicted molar refractivity (Wildman–Crippen MR) is 114 cm³/mol. The molecule has 2 N–H and O–H groups in total. The number of benzene rings is 2. The van der Waals surface area contributed by atoms with Crippen LogP contribution in [0.15, 0.2) is 36.4 Å². The minimum Gasteiger partial charge on any atom is -0.484 e. The van der Waals surface area contributed by atoms with E-state index in [4.69, 9.17) is 26.2 Å². The van der Waals surface area contributed by atoms with Crippen LogP contribution in [0.2, 0.25) is 5.02 Å². The summed E-state index contributed by atoms with van der Waals surface area (Å²) in [5.41, 5.74) is -0.144. The normalized spacial score (nSPS) is 11.7. The summed E-state index contributed by atoms with van der Waals surface area (Å²) in [7, 11) is 0. The minimum absolute atomic E-state index is 0.135. The topological polar surface area (TPSA) is 84.9 Å². The summed E-state index contributed by atoms with van der Waals surface area (Å²) in [4.78, 5) is 23.7. The maximum atomic E-state index is 12.7. The molecule has 29 heavy (non-hydrogen) atoms. The van der Waals surface area contributed by atoms with E-state index in [1.807, 2.05) is 41.5 Å². The van der Waals surface area contributed by atoms with E-state index < -0.39 is 23.1 Å². The lowest BCUT2D eigenvalue weighted by Crippen LogP contribution is -2.27. The number of carbonyl (C=O) groups is 2.